The van der Waals surface area contributed by atoms with E-state index in [2.05, 4.69) is 10.6 Å². The largest absolute Gasteiger partial charge is 0.350 e. The number of benzene rings is 1. The van der Waals surface area contributed by atoms with Gasteiger partial charge in [0, 0.05) is 15.6 Å². The Morgan fingerprint density at radius 1 is 1.32 bits per heavy atom. The molecule has 0 fully saturated rings. The minimum absolute atomic E-state index is 0.144. The zero-order valence-corrected chi connectivity index (χ0v) is 14.0. The van der Waals surface area contributed by atoms with Crippen molar-refractivity contribution in [2.24, 2.45) is 0 Å². The second kappa shape index (κ2) is 6.22. The molecule has 0 aliphatic carbocycles. The Kier molecular flexibility index (Phi) is 4.72. The number of halogens is 2. The van der Waals surface area contributed by atoms with E-state index in [0.29, 0.717) is 10.1 Å². The van der Waals surface area contributed by atoms with Gasteiger partial charge in [-0.05, 0) is 39.0 Å². The molecule has 0 radical (unpaired) electrons. The zero-order valence-electron chi connectivity index (χ0n) is 12.4. The summed E-state index contributed by atoms with van der Waals surface area (Å²) in [5, 5.41) is 6.16. The minimum atomic E-state index is -0.448. The molecule has 22 heavy (non-hydrogen) atoms. The number of carbonyl (C=O) groups is 2. The van der Waals surface area contributed by atoms with Crippen LogP contribution in [0, 0.1) is 5.82 Å². The number of rotatable bonds is 3. The van der Waals surface area contributed by atoms with Crippen LogP contribution in [0.25, 0.3) is 10.1 Å². The summed E-state index contributed by atoms with van der Waals surface area (Å²) in [7, 11) is 0. The number of amides is 2. The third-order valence-electron chi connectivity index (χ3n) is 2.72. The van der Waals surface area contributed by atoms with Crippen LogP contribution in [0.5, 0.6) is 0 Å². The van der Waals surface area contributed by atoms with Crippen molar-refractivity contribution in [3.63, 3.8) is 0 Å². The van der Waals surface area contributed by atoms with Crippen LogP contribution in [-0.4, -0.2) is 23.9 Å². The van der Waals surface area contributed by atoms with Crippen molar-refractivity contribution in [1.29, 1.82) is 0 Å². The van der Waals surface area contributed by atoms with Crippen molar-refractivity contribution in [3.05, 3.63) is 33.9 Å². The van der Waals surface area contributed by atoms with Crippen molar-refractivity contribution in [3.8, 4) is 0 Å². The molecular formula is C15H16ClFN2O2S. The van der Waals surface area contributed by atoms with E-state index in [9.17, 15) is 14.0 Å². The summed E-state index contributed by atoms with van der Waals surface area (Å²) >= 11 is 7.25. The maximum absolute atomic E-state index is 13.2. The third-order valence-corrected chi connectivity index (χ3v) is 4.38. The number of thiophene rings is 1. The van der Waals surface area contributed by atoms with Gasteiger partial charge in [-0.1, -0.05) is 11.6 Å². The van der Waals surface area contributed by atoms with E-state index in [1.165, 1.54) is 18.2 Å². The molecule has 7 heteroatoms. The SMILES string of the molecule is CC(C)(C)NC(=O)CNC(=O)c1sc2cc(F)ccc2c1Cl. The molecule has 0 atom stereocenters. The molecule has 0 unspecified atom stereocenters. The normalized spacial score (nSPS) is 11.5. The van der Waals surface area contributed by atoms with Crippen LogP contribution in [0.1, 0.15) is 30.4 Å². The number of hydrogen-bond donors (Lipinski definition) is 2. The third kappa shape index (κ3) is 3.96. The first-order valence-corrected chi connectivity index (χ1v) is 7.83. The summed E-state index contributed by atoms with van der Waals surface area (Å²) in [6.07, 6.45) is 0. The van der Waals surface area contributed by atoms with E-state index >= 15 is 0 Å². The highest BCUT2D eigenvalue weighted by atomic mass is 35.5. The molecule has 2 rings (SSSR count). The molecule has 2 N–H and O–H groups in total. The maximum Gasteiger partial charge on any atom is 0.263 e. The molecule has 0 aliphatic heterocycles. The van der Waals surface area contributed by atoms with E-state index < -0.39 is 5.91 Å². The van der Waals surface area contributed by atoms with Crippen LogP contribution in [0.2, 0.25) is 5.02 Å². The quantitative estimate of drug-likeness (QED) is 0.898. The number of carbonyl (C=O) groups excluding carboxylic acids is 2. The van der Waals surface area contributed by atoms with Gasteiger partial charge < -0.3 is 10.6 Å². The fraction of sp³-hybridized carbons (Fsp3) is 0.333. The smallest absolute Gasteiger partial charge is 0.263 e. The Bertz CT molecular complexity index is 737. The van der Waals surface area contributed by atoms with Gasteiger partial charge in [0.15, 0.2) is 0 Å². The van der Waals surface area contributed by atoms with Gasteiger partial charge in [0.25, 0.3) is 5.91 Å². The highest BCUT2D eigenvalue weighted by Gasteiger charge is 2.19. The van der Waals surface area contributed by atoms with Gasteiger partial charge in [0.1, 0.15) is 10.7 Å². The summed E-state index contributed by atoms with van der Waals surface area (Å²) in [6.45, 7) is 5.41. The monoisotopic (exact) mass is 342 g/mol. The summed E-state index contributed by atoms with van der Waals surface area (Å²) in [4.78, 5) is 24.1. The molecule has 2 amide bonds. The lowest BCUT2D eigenvalue weighted by molar-refractivity contribution is -0.121. The van der Waals surface area contributed by atoms with E-state index in [1.807, 2.05) is 20.8 Å². The highest BCUT2D eigenvalue weighted by molar-refractivity contribution is 7.21. The fourth-order valence-electron chi connectivity index (χ4n) is 1.89. The maximum atomic E-state index is 13.2. The van der Waals surface area contributed by atoms with Gasteiger partial charge in [-0.15, -0.1) is 11.3 Å². The predicted molar refractivity (Wildman–Crippen MR) is 87.0 cm³/mol. The first-order valence-electron chi connectivity index (χ1n) is 6.64. The second-order valence-electron chi connectivity index (χ2n) is 5.87. The van der Waals surface area contributed by atoms with Crippen LogP contribution in [0.4, 0.5) is 4.39 Å². The lowest BCUT2D eigenvalue weighted by Crippen LogP contribution is -2.45. The summed E-state index contributed by atoms with van der Waals surface area (Å²) < 4.78 is 13.8. The van der Waals surface area contributed by atoms with Gasteiger partial charge >= 0.3 is 0 Å². The number of nitrogens with one attached hydrogen (secondary N) is 2. The van der Waals surface area contributed by atoms with Crippen LogP contribution in [-0.2, 0) is 4.79 Å². The van der Waals surface area contributed by atoms with Gasteiger partial charge in [-0.2, -0.15) is 0 Å². The van der Waals surface area contributed by atoms with Crippen molar-refractivity contribution in [2.75, 3.05) is 6.54 Å². The van der Waals surface area contributed by atoms with E-state index in [-0.39, 0.29) is 33.7 Å². The number of fused-ring (bicyclic) bond motifs is 1. The molecule has 0 bridgehead atoms. The van der Waals surface area contributed by atoms with Crippen molar-refractivity contribution in [2.45, 2.75) is 26.3 Å². The van der Waals surface area contributed by atoms with Gasteiger partial charge in [-0.3, -0.25) is 9.59 Å². The molecule has 0 aliphatic rings. The molecular weight excluding hydrogens is 327 g/mol. The summed E-state index contributed by atoms with van der Waals surface area (Å²) in [5.41, 5.74) is -0.366. The van der Waals surface area contributed by atoms with Crippen molar-refractivity contribution < 1.29 is 14.0 Å². The Labute approximate surface area is 136 Å². The lowest BCUT2D eigenvalue weighted by atomic mass is 10.1. The first-order chi connectivity index (χ1) is 10.2. The average molecular weight is 343 g/mol. The predicted octanol–water partition coefficient (Wildman–Crippen LogP) is 3.34. The molecule has 1 aromatic carbocycles. The second-order valence-corrected chi connectivity index (χ2v) is 7.30. The van der Waals surface area contributed by atoms with Crippen molar-refractivity contribution >= 4 is 44.8 Å². The molecule has 118 valence electrons. The van der Waals surface area contributed by atoms with Crippen LogP contribution in [0.3, 0.4) is 0 Å². The highest BCUT2D eigenvalue weighted by Crippen LogP contribution is 2.35. The first kappa shape index (κ1) is 16.7. The Balaban J connectivity index is 2.10. The van der Waals surface area contributed by atoms with Gasteiger partial charge in [-0.25, -0.2) is 4.39 Å². The number of hydrogen-bond acceptors (Lipinski definition) is 3. The molecule has 0 saturated carbocycles. The fourth-order valence-corrected chi connectivity index (χ4v) is 3.35. The van der Waals surface area contributed by atoms with E-state index in [0.717, 1.165) is 11.3 Å². The summed E-state index contributed by atoms with van der Waals surface area (Å²) in [6, 6.07) is 4.15. The van der Waals surface area contributed by atoms with Gasteiger partial charge in [0.05, 0.1) is 11.6 Å². The minimum Gasteiger partial charge on any atom is -0.350 e. The summed E-state index contributed by atoms with van der Waals surface area (Å²) in [5.74, 6) is -1.12. The van der Waals surface area contributed by atoms with E-state index in [1.54, 1.807) is 0 Å². The molecule has 4 nitrogen and oxygen atoms in total. The van der Waals surface area contributed by atoms with Gasteiger partial charge in [0.2, 0.25) is 5.91 Å². The topological polar surface area (TPSA) is 58.2 Å². The van der Waals surface area contributed by atoms with E-state index in [4.69, 9.17) is 11.6 Å². The Morgan fingerprint density at radius 2 is 2.00 bits per heavy atom. The molecule has 2 aromatic rings. The van der Waals surface area contributed by atoms with Crippen LogP contribution < -0.4 is 10.6 Å². The van der Waals surface area contributed by atoms with Crippen LogP contribution >= 0.6 is 22.9 Å². The molecule has 1 aromatic heterocycles. The molecule has 0 saturated heterocycles. The Hall–Kier alpha value is -1.66. The average Bonchev–Trinajstić information content (AvgIpc) is 2.71. The molecule has 0 spiro atoms. The zero-order chi connectivity index (χ0) is 16.5. The molecule has 1 heterocycles. The van der Waals surface area contributed by atoms with Crippen molar-refractivity contribution in [1.82, 2.24) is 10.6 Å². The standard InChI is InChI=1S/C15H16ClFN2O2S/c1-15(2,3)19-11(20)7-18-14(21)13-12(16)9-5-4-8(17)6-10(9)22-13/h4-6H,7H2,1-3H3,(H,18,21)(H,19,20). The Morgan fingerprint density at radius 3 is 2.64 bits per heavy atom. The van der Waals surface area contributed by atoms with Crippen LogP contribution in [0.15, 0.2) is 18.2 Å². The lowest BCUT2D eigenvalue weighted by Gasteiger charge is -2.20.